The third kappa shape index (κ3) is 7.94. The first-order chi connectivity index (χ1) is 5.81. The fourth-order valence-electron chi connectivity index (χ4n) is 0.713. The summed E-state index contributed by atoms with van der Waals surface area (Å²) in [7, 11) is 3.21. The lowest BCUT2D eigenvalue weighted by Gasteiger charge is -2.11. The van der Waals surface area contributed by atoms with Crippen molar-refractivity contribution < 1.29 is 18.9 Å². The van der Waals surface area contributed by atoms with Crippen molar-refractivity contribution in [2.45, 2.75) is 6.92 Å². The molecule has 0 saturated heterocycles. The molecule has 4 nitrogen and oxygen atoms in total. The van der Waals surface area contributed by atoms with Crippen LogP contribution < -0.4 is 0 Å². The van der Waals surface area contributed by atoms with Gasteiger partial charge in [0.1, 0.15) is 13.6 Å². The van der Waals surface area contributed by atoms with Crippen LogP contribution in [0, 0.1) is 5.92 Å². The van der Waals surface area contributed by atoms with Gasteiger partial charge in [-0.3, -0.25) is 0 Å². The lowest BCUT2D eigenvalue weighted by atomic mass is 10.2. The number of hydrogen-bond donors (Lipinski definition) is 0. The Kier molecular flexibility index (Phi) is 8.81. The predicted octanol–water partition coefficient (Wildman–Crippen LogP) is 0.863. The first-order valence-corrected chi connectivity index (χ1v) is 3.94. The van der Waals surface area contributed by atoms with Gasteiger partial charge in [-0.05, 0) is 0 Å². The molecule has 0 aliphatic rings. The Balaban J connectivity index is 3.04. The van der Waals surface area contributed by atoms with Gasteiger partial charge in [-0.15, -0.1) is 0 Å². The summed E-state index contributed by atoms with van der Waals surface area (Å²) < 4.78 is 19.7. The lowest BCUT2D eigenvalue weighted by Crippen LogP contribution is -2.14. The van der Waals surface area contributed by atoms with E-state index in [-0.39, 0.29) is 0 Å². The smallest absolute Gasteiger partial charge is 0.146 e. The van der Waals surface area contributed by atoms with Crippen molar-refractivity contribution in [3.05, 3.63) is 0 Å². The van der Waals surface area contributed by atoms with Crippen LogP contribution in [-0.2, 0) is 18.9 Å². The fraction of sp³-hybridized carbons (Fsp3) is 1.00. The van der Waals surface area contributed by atoms with Crippen molar-refractivity contribution in [2.24, 2.45) is 5.92 Å². The van der Waals surface area contributed by atoms with Crippen LogP contribution in [0.25, 0.3) is 0 Å². The van der Waals surface area contributed by atoms with Crippen LogP contribution in [0.2, 0.25) is 0 Å². The standard InChI is InChI=1S/C8H18O4/c1-8(4-11-6-9-2)5-12-7-10-3/h8H,4-7H2,1-3H3. The maximum atomic E-state index is 5.13. The van der Waals surface area contributed by atoms with Crippen LogP contribution in [0.4, 0.5) is 0 Å². The third-order valence-electron chi connectivity index (χ3n) is 1.21. The molecule has 0 N–H and O–H groups in total. The van der Waals surface area contributed by atoms with Gasteiger partial charge in [-0.25, -0.2) is 0 Å². The van der Waals surface area contributed by atoms with E-state index in [1.54, 1.807) is 14.2 Å². The van der Waals surface area contributed by atoms with Crippen molar-refractivity contribution in [3.8, 4) is 0 Å². The van der Waals surface area contributed by atoms with E-state index >= 15 is 0 Å². The zero-order chi connectivity index (χ0) is 9.23. The Morgan fingerprint density at radius 1 is 0.917 bits per heavy atom. The largest absolute Gasteiger partial charge is 0.359 e. The molecule has 0 aromatic rings. The molecule has 0 aliphatic heterocycles. The Hall–Kier alpha value is -0.160. The summed E-state index contributed by atoms with van der Waals surface area (Å²) in [6.45, 7) is 4.03. The Morgan fingerprint density at radius 2 is 1.33 bits per heavy atom. The molecule has 0 atom stereocenters. The van der Waals surface area contributed by atoms with Crippen LogP contribution in [0.5, 0.6) is 0 Å². The normalized spacial score (nSPS) is 11.0. The van der Waals surface area contributed by atoms with E-state index in [0.29, 0.717) is 32.7 Å². The average molecular weight is 178 g/mol. The molecule has 74 valence electrons. The highest BCUT2D eigenvalue weighted by Crippen LogP contribution is 1.96. The average Bonchev–Trinajstić information content (AvgIpc) is 2.06. The van der Waals surface area contributed by atoms with Gasteiger partial charge in [0, 0.05) is 20.1 Å². The zero-order valence-electron chi connectivity index (χ0n) is 8.04. The van der Waals surface area contributed by atoms with E-state index < -0.39 is 0 Å². The van der Waals surface area contributed by atoms with Crippen LogP contribution in [0.3, 0.4) is 0 Å². The molecule has 0 bridgehead atoms. The molecule has 0 rings (SSSR count). The van der Waals surface area contributed by atoms with Crippen molar-refractivity contribution in [1.29, 1.82) is 0 Å². The maximum Gasteiger partial charge on any atom is 0.146 e. The monoisotopic (exact) mass is 178 g/mol. The van der Waals surface area contributed by atoms with Crippen LogP contribution in [0.15, 0.2) is 0 Å². The summed E-state index contributed by atoms with van der Waals surface area (Å²) in [5.74, 6) is 0.371. The minimum absolute atomic E-state index is 0.342. The predicted molar refractivity (Wildman–Crippen MR) is 44.8 cm³/mol. The Labute approximate surface area is 73.7 Å². The Bertz CT molecular complexity index is 77.1. The molecular formula is C8H18O4. The molecule has 0 amide bonds. The minimum Gasteiger partial charge on any atom is -0.359 e. The van der Waals surface area contributed by atoms with Gasteiger partial charge >= 0.3 is 0 Å². The van der Waals surface area contributed by atoms with Crippen molar-refractivity contribution in [1.82, 2.24) is 0 Å². The Morgan fingerprint density at radius 3 is 1.67 bits per heavy atom. The summed E-state index contributed by atoms with van der Waals surface area (Å²) >= 11 is 0. The van der Waals surface area contributed by atoms with Crippen LogP contribution in [0.1, 0.15) is 6.92 Å². The molecule has 0 spiro atoms. The SMILES string of the molecule is COCOCC(C)COCOC. The van der Waals surface area contributed by atoms with E-state index in [9.17, 15) is 0 Å². The third-order valence-corrected chi connectivity index (χ3v) is 1.21. The van der Waals surface area contributed by atoms with Gasteiger partial charge in [0.25, 0.3) is 0 Å². The van der Waals surface area contributed by atoms with Gasteiger partial charge in [-0.1, -0.05) is 6.92 Å². The molecule has 0 heterocycles. The highest BCUT2D eigenvalue weighted by molar-refractivity contribution is 4.46. The van der Waals surface area contributed by atoms with E-state index in [2.05, 4.69) is 0 Å². The topological polar surface area (TPSA) is 36.9 Å². The summed E-state index contributed by atoms with van der Waals surface area (Å²) in [4.78, 5) is 0. The number of rotatable bonds is 8. The van der Waals surface area contributed by atoms with Crippen molar-refractivity contribution in [2.75, 3.05) is 41.0 Å². The summed E-state index contributed by atoms with van der Waals surface area (Å²) in [6, 6.07) is 0. The molecule has 0 unspecified atom stereocenters. The van der Waals surface area contributed by atoms with Crippen LogP contribution in [-0.4, -0.2) is 41.0 Å². The van der Waals surface area contributed by atoms with E-state index in [1.807, 2.05) is 6.92 Å². The molecule has 4 heteroatoms. The second-order valence-corrected chi connectivity index (χ2v) is 2.66. The van der Waals surface area contributed by atoms with Gasteiger partial charge < -0.3 is 18.9 Å². The van der Waals surface area contributed by atoms with Gasteiger partial charge in [0.2, 0.25) is 0 Å². The van der Waals surface area contributed by atoms with E-state index in [0.717, 1.165) is 0 Å². The van der Waals surface area contributed by atoms with Crippen LogP contribution >= 0.6 is 0 Å². The summed E-state index contributed by atoms with van der Waals surface area (Å²) in [6.07, 6.45) is 0. The van der Waals surface area contributed by atoms with Gasteiger partial charge in [-0.2, -0.15) is 0 Å². The molecule has 12 heavy (non-hydrogen) atoms. The van der Waals surface area contributed by atoms with Crippen molar-refractivity contribution >= 4 is 0 Å². The fourth-order valence-corrected chi connectivity index (χ4v) is 0.713. The number of hydrogen-bond acceptors (Lipinski definition) is 4. The molecule has 0 aliphatic carbocycles. The summed E-state index contributed by atoms with van der Waals surface area (Å²) in [5, 5.41) is 0. The van der Waals surface area contributed by atoms with E-state index in [1.165, 1.54) is 0 Å². The highest BCUT2D eigenvalue weighted by atomic mass is 16.7. The molecule has 0 aromatic heterocycles. The quantitative estimate of drug-likeness (QED) is 0.408. The minimum atomic E-state index is 0.342. The molecule has 0 fully saturated rings. The number of ether oxygens (including phenoxy) is 4. The molecule has 0 radical (unpaired) electrons. The first-order valence-electron chi connectivity index (χ1n) is 3.94. The molecular weight excluding hydrogens is 160 g/mol. The lowest BCUT2D eigenvalue weighted by molar-refractivity contribution is -0.0742. The zero-order valence-corrected chi connectivity index (χ0v) is 8.04. The highest BCUT2D eigenvalue weighted by Gasteiger charge is 2.01. The first kappa shape index (κ1) is 11.8. The molecule has 0 saturated carbocycles. The van der Waals surface area contributed by atoms with E-state index in [4.69, 9.17) is 18.9 Å². The summed E-state index contributed by atoms with van der Waals surface area (Å²) in [5.41, 5.74) is 0. The number of methoxy groups -OCH3 is 2. The van der Waals surface area contributed by atoms with Crippen molar-refractivity contribution in [3.63, 3.8) is 0 Å². The second-order valence-electron chi connectivity index (χ2n) is 2.66. The second kappa shape index (κ2) is 8.93. The van der Waals surface area contributed by atoms with Gasteiger partial charge in [0.05, 0.1) is 13.2 Å². The maximum absolute atomic E-state index is 5.13. The molecule has 0 aromatic carbocycles. The van der Waals surface area contributed by atoms with Gasteiger partial charge in [0.15, 0.2) is 0 Å².